The number of nitrogens with zero attached hydrogens (tertiary/aromatic N) is 4. The fourth-order valence-corrected chi connectivity index (χ4v) is 3.95. The maximum Gasteiger partial charge on any atom is 0.293 e. The van der Waals surface area contributed by atoms with Gasteiger partial charge in [0.25, 0.3) is 5.91 Å². The molecular weight excluding hydrogens is 399 g/mol. The Kier molecular flexibility index (Phi) is 5.46. The first kappa shape index (κ1) is 20.0. The summed E-state index contributed by atoms with van der Waals surface area (Å²) in [5, 5.41) is 6.40. The summed E-state index contributed by atoms with van der Waals surface area (Å²) < 4.78 is 15.0. The molecule has 4 rings (SSSR count). The van der Waals surface area contributed by atoms with Gasteiger partial charge in [0.05, 0.1) is 10.6 Å². The van der Waals surface area contributed by atoms with Crippen molar-refractivity contribution in [2.75, 3.05) is 7.05 Å². The van der Waals surface area contributed by atoms with Crippen LogP contribution in [-0.2, 0) is 6.54 Å². The van der Waals surface area contributed by atoms with Gasteiger partial charge in [0, 0.05) is 13.6 Å². The zero-order chi connectivity index (χ0) is 21.3. The molecule has 0 unspecified atom stereocenters. The molecule has 2 aromatic heterocycles. The molecule has 4 aromatic rings. The summed E-state index contributed by atoms with van der Waals surface area (Å²) in [6, 6.07) is 16.0. The smallest absolute Gasteiger partial charge is 0.293 e. The number of amides is 1. The van der Waals surface area contributed by atoms with Crippen molar-refractivity contribution in [1.29, 1.82) is 0 Å². The van der Waals surface area contributed by atoms with Crippen molar-refractivity contribution in [3.8, 4) is 16.4 Å². The summed E-state index contributed by atoms with van der Waals surface area (Å²) in [5.74, 6) is 0.0598. The van der Waals surface area contributed by atoms with Crippen LogP contribution >= 0.6 is 11.3 Å². The molecule has 1 amide bonds. The Balaban J connectivity index is 1.67. The van der Waals surface area contributed by atoms with Crippen LogP contribution in [0.15, 0.2) is 60.0 Å². The van der Waals surface area contributed by atoms with Gasteiger partial charge in [-0.2, -0.15) is 0 Å². The van der Waals surface area contributed by atoms with Crippen LogP contribution in [0.5, 0.6) is 0 Å². The van der Waals surface area contributed by atoms with Crippen molar-refractivity contribution in [2.24, 2.45) is 0 Å². The van der Waals surface area contributed by atoms with Gasteiger partial charge in [0.1, 0.15) is 5.82 Å². The average molecular weight is 421 g/mol. The summed E-state index contributed by atoms with van der Waals surface area (Å²) in [6.45, 7) is 4.55. The zero-order valence-corrected chi connectivity index (χ0v) is 17.8. The second-order valence-electron chi connectivity index (χ2n) is 7.22. The standard InChI is InChI=1S/C23H21FN4OS/c1-15-6-7-17(16(2)13-15)14-27(3)23(29)21-25-22(20-5-4-12-30-20)28(26-21)19-10-8-18(24)9-11-19/h4-13H,14H2,1-3H3. The minimum atomic E-state index is -0.332. The minimum absolute atomic E-state index is 0.106. The van der Waals surface area contributed by atoms with Crippen molar-refractivity contribution < 1.29 is 9.18 Å². The van der Waals surface area contributed by atoms with Crippen LogP contribution in [0.4, 0.5) is 4.39 Å². The van der Waals surface area contributed by atoms with Crippen LogP contribution in [0, 0.1) is 19.7 Å². The molecule has 0 fully saturated rings. The van der Waals surface area contributed by atoms with Crippen LogP contribution in [-0.4, -0.2) is 32.6 Å². The van der Waals surface area contributed by atoms with Gasteiger partial charge in [-0.1, -0.05) is 29.8 Å². The molecule has 0 spiro atoms. The normalized spacial score (nSPS) is 10.9. The number of benzene rings is 2. The van der Waals surface area contributed by atoms with E-state index in [9.17, 15) is 9.18 Å². The molecule has 0 aliphatic heterocycles. The molecule has 2 heterocycles. The van der Waals surface area contributed by atoms with Crippen molar-refractivity contribution in [3.05, 3.63) is 88.3 Å². The molecule has 152 valence electrons. The number of halogens is 1. The quantitative estimate of drug-likeness (QED) is 0.455. The van der Waals surface area contributed by atoms with Crippen LogP contribution in [0.25, 0.3) is 16.4 Å². The largest absolute Gasteiger partial charge is 0.335 e. The highest BCUT2D eigenvalue weighted by molar-refractivity contribution is 7.13. The highest BCUT2D eigenvalue weighted by Gasteiger charge is 2.22. The van der Waals surface area contributed by atoms with Gasteiger partial charge >= 0.3 is 0 Å². The summed E-state index contributed by atoms with van der Waals surface area (Å²) in [7, 11) is 1.74. The molecule has 7 heteroatoms. The molecule has 0 saturated heterocycles. The minimum Gasteiger partial charge on any atom is -0.335 e. The lowest BCUT2D eigenvalue weighted by atomic mass is 10.1. The van der Waals surface area contributed by atoms with E-state index in [0.717, 1.165) is 16.0 Å². The van der Waals surface area contributed by atoms with E-state index in [-0.39, 0.29) is 17.5 Å². The van der Waals surface area contributed by atoms with Gasteiger partial charge in [-0.15, -0.1) is 16.4 Å². The van der Waals surface area contributed by atoms with Crippen molar-refractivity contribution in [1.82, 2.24) is 19.7 Å². The van der Waals surface area contributed by atoms with E-state index >= 15 is 0 Å². The number of carbonyl (C=O) groups is 1. The van der Waals surface area contributed by atoms with Gasteiger partial charge in [0.15, 0.2) is 5.82 Å². The van der Waals surface area contributed by atoms with Gasteiger partial charge in [-0.05, 0) is 60.7 Å². The maximum atomic E-state index is 13.4. The van der Waals surface area contributed by atoms with Crippen LogP contribution in [0.1, 0.15) is 27.3 Å². The Labute approximate surface area is 178 Å². The summed E-state index contributed by atoms with van der Waals surface area (Å²) in [6.07, 6.45) is 0. The summed E-state index contributed by atoms with van der Waals surface area (Å²) in [4.78, 5) is 20.1. The summed E-state index contributed by atoms with van der Waals surface area (Å²) >= 11 is 1.51. The number of aryl methyl sites for hydroxylation is 2. The van der Waals surface area contributed by atoms with Gasteiger partial charge < -0.3 is 4.90 Å². The lowest BCUT2D eigenvalue weighted by Gasteiger charge is -2.17. The van der Waals surface area contributed by atoms with E-state index in [1.54, 1.807) is 28.8 Å². The van der Waals surface area contributed by atoms with E-state index in [4.69, 9.17) is 0 Å². The predicted octanol–water partition coefficient (Wildman–Crippen LogP) is 5.02. The second kappa shape index (κ2) is 8.20. The number of rotatable bonds is 5. The lowest BCUT2D eigenvalue weighted by molar-refractivity contribution is 0.0773. The molecule has 2 aromatic carbocycles. The molecule has 0 N–H and O–H groups in total. The molecule has 0 bridgehead atoms. The number of hydrogen-bond acceptors (Lipinski definition) is 4. The predicted molar refractivity (Wildman–Crippen MR) is 116 cm³/mol. The van der Waals surface area contributed by atoms with Crippen LogP contribution in [0.2, 0.25) is 0 Å². The molecule has 30 heavy (non-hydrogen) atoms. The fourth-order valence-electron chi connectivity index (χ4n) is 3.25. The molecule has 0 aliphatic rings. The highest BCUT2D eigenvalue weighted by Crippen LogP contribution is 2.26. The molecule has 5 nitrogen and oxygen atoms in total. The van der Waals surface area contributed by atoms with Crippen molar-refractivity contribution >= 4 is 17.2 Å². The Bertz CT molecular complexity index is 1180. The third-order valence-electron chi connectivity index (χ3n) is 4.86. The Hall–Kier alpha value is -3.32. The van der Waals surface area contributed by atoms with E-state index < -0.39 is 0 Å². The van der Waals surface area contributed by atoms with Crippen LogP contribution in [0.3, 0.4) is 0 Å². The first-order valence-electron chi connectivity index (χ1n) is 9.51. The first-order chi connectivity index (χ1) is 14.4. The van der Waals surface area contributed by atoms with Crippen molar-refractivity contribution in [3.63, 3.8) is 0 Å². The SMILES string of the molecule is Cc1ccc(CN(C)C(=O)c2nc(-c3cccs3)n(-c3ccc(F)cc3)n2)c(C)c1. The zero-order valence-electron chi connectivity index (χ0n) is 17.0. The molecule has 0 atom stereocenters. The van der Waals surface area contributed by atoms with E-state index in [1.165, 1.54) is 29.0 Å². The lowest BCUT2D eigenvalue weighted by Crippen LogP contribution is -2.27. The highest BCUT2D eigenvalue weighted by atomic mass is 32.1. The molecular formula is C23H21FN4OS. The molecule has 0 radical (unpaired) electrons. The maximum absolute atomic E-state index is 13.4. The average Bonchev–Trinajstić information content (AvgIpc) is 3.39. The third-order valence-corrected chi connectivity index (χ3v) is 5.73. The van der Waals surface area contributed by atoms with E-state index in [2.05, 4.69) is 16.1 Å². The Morgan fingerprint density at radius 2 is 1.90 bits per heavy atom. The molecule has 0 saturated carbocycles. The Morgan fingerprint density at radius 3 is 2.57 bits per heavy atom. The summed E-state index contributed by atoms with van der Waals surface area (Å²) in [5.41, 5.74) is 4.04. The Morgan fingerprint density at radius 1 is 1.13 bits per heavy atom. The first-order valence-corrected chi connectivity index (χ1v) is 10.4. The van der Waals surface area contributed by atoms with E-state index in [0.29, 0.717) is 18.1 Å². The van der Waals surface area contributed by atoms with E-state index in [1.807, 2.05) is 43.5 Å². The second-order valence-corrected chi connectivity index (χ2v) is 8.16. The number of thiophene rings is 1. The number of hydrogen-bond donors (Lipinski definition) is 0. The van der Waals surface area contributed by atoms with Gasteiger partial charge in [0.2, 0.25) is 5.82 Å². The fraction of sp³-hybridized carbons (Fsp3) is 0.174. The topological polar surface area (TPSA) is 51.0 Å². The number of carbonyl (C=O) groups excluding carboxylic acids is 1. The number of aromatic nitrogens is 3. The third kappa shape index (κ3) is 4.02. The molecule has 0 aliphatic carbocycles. The van der Waals surface area contributed by atoms with Gasteiger partial charge in [-0.25, -0.2) is 14.1 Å². The van der Waals surface area contributed by atoms with Crippen LogP contribution < -0.4 is 0 Å². The van der Waals surface area contributed by atoms with Crippen molar-refractivity contribution in [2.45, 2.75) is 20.4 Å². The van der Waals surface area contributed by atoms with Gasteiger partial charge in [-0.3, -0.25) is 4.79 Å². The monoisotopic (exact) mass is 420 g/mol.